The summed E-state index contributed by atoms with van der Waals surface area (Å²) in [7, 11) is -2.67. The summed E-state index contributed by atoms with van der Waals surface area (Å²) in [6.07, 6.45) is 1.59. The number of hydrogen-bond acceptors (Lipinski definition) is 5. The Morgan fingerprint density at radius 1 is 1.06 bits per heavy atom. The molecule has 0 aliphatic rings. The van der Waals surface area contributed by atoms with E-state index in [0.717, 1.165) is 16.4 Å². The first-order valence-corrected chi connectivity index (χ1v) is 11.3. The van der Waals surface area contributed by atoms with E-state index in [1.165, 1.54) is 43.5 Å². The van der Waals surface area contributed by atoms with Crippen LogP contribution in [-0.4, -0.2) is 34.6 Å². The molecule has 0 fully saturated rings. The number of nitrogens with one attached hydrogen (secondary N) is 1. The van der Waals surface area contributed by atoms with E-state index in [1.807, 2.05) is 0 Å². The SMILES string of the molecule is C=CCOc1cccc(NC(=O)CN(c2ccc(F)cc2)S(=O)(=O)c2ccc(OC)cc2)c1. The number of carbonyl (C=O) groups is 1. The van der Waals surface area contributed by atoms with Crippen molar-refractivity contribution in [3.05, 3.63) is 91.3 Å². The van der Waals surface area contributed by atoms with E-state index in [4.69, 9.17) is 9.47 Å². The second kappa shape index (κ2) is 10.6. The summed E-state index contributed by atoms with van der Waals surface area (Å²) < 4.78 is 51.6. The Morgan fingerprint density at radius 2 is 1.76 bits per heavy atom. The number of sulfonamides is 1. The maximum Gasteiger partial charge on any atom is 0.264 e. The molecule has 0 saturated heterocycles. The molecule has 0 unspecified atom stereocenters. The first-order chi connectivity index (χ1) is 15.8. The molecular formula is C24H23FN2O5S. The van der Waals surface area contributed by atoms with Crippen LogP contribution in [0.3, 0.4) is 0 Å². The van der Waals surface area contributed by atoms with Gasteiger partial charge in [-0.15, -0.1) is 0 Å². The molecular weight excluding hydrogens is 447 g/mol. The third-order valence-electron chi connectivity index (χ3n) is 4.53. The standard InChI is InChI=1S/C24H23FN2O5S/c1-3-15-32-22-6-4-5-19(16-22)26-24(28)17-27(20-9-7-18(25)8-10-20)33(29,30)23-13-11-21(31-2)12-14-23/h3-14,16H,1,15,17H2,2H3,(H,26,28). The van der Waals surface area contributed by atoms with Gasteiger partial charge in [-0.2, -0.15) is 0 Å². The largest absolute Gasteiger partial charge is 0.497 e. The zero-order chi connectivity index (χ0) is 23.8. The highest BCUT2D eigenvalue weighted by molar-refractivity contribution is 7.92. The van der Waals surface area contributed by atoms with Gasteiger partial charge in [0.25, 0.3) is 10.0 Å². The van der Waals surface area contributed by atoms with E-state index < -0.39 is 28.3 Å². The first-order valence-electron chi connectivity index (χ1n) is 9.89. The van der Waals surface area contributed by atoms with Gasteiger partial charge in [-0.05, 0) is 60.7 Å². The van der Waals surface area contributed by atoms with Crippen molar-refractivity contribution in [3.63, 3.8) is 0 Å². The van der Waals surface area contributed by atoms with Crippen LogP contribution in [0.4, 0.5) is 15.8 Å². The summed E-state index contributed by atoms with van der Waals surface area (Å²) in [6, 6.07) is 17.3. The van der Waals surface area contributed by atoms with Crippen molar-refractivity contribution in [1.82, 2.24) is 0 Å². The summed E-state index contributed by atoms with van der Waals surface area (Å²) in [5.74, 6) is -0.105. The molecule has 3 aromatic carbocycles. The van der Waals surface area contributed by atoms with Gasteiger partial charge < -0.3 is 14.8 Å². The number of hydrogen-bond donors (Lipinski definition) is 1. The maximum atomic E-state index is 13.5. The highest BCUT2D eigenvalue weighted by Crippen LogP contribution is 2.26. The highest BCUT2D eigenvalue weighted by atomic mass is 32.2. The first kappa shape index (κ1) is 23.8. The lowest BCUT2D eigenvalue weighted by Gasteiger charge is -2.24. The normalized spacial score (nSPS) is 10.8. The van der Waals surface area contributed by atoms with Crippen molar-refractivity contribution in [1.29, 1.82) is 0 Å². The lowest BCUT2D eigenvalue weighted by Crippen LogP contribution is -2.38. The number of methoxy groups -OCH3 is 1. The van der Waals surface area contributed by atoms with Crippen LogP contribution in [0.2, 0.25) is 0 Å². The molecule has 0 spiro atoms. The van der Waals surface area contributed by atoms with E-state index in [2.05, 4.69) is 11.9 Å². The molecule has 0 heterocycles. The molecule has 0 aliphatic carbocycles. The number of nitrogens with zero attached hydrogens (tertiary/aromatic N) is 1. The van der Waals surface area contributed by atoms with Crippen molar-refractivity contribution < 1.29 is 27.1 Å². The van der Waals surface area contributed by atoms with Crippen LogP contribution in [-0.2, 0) is 14.8 Å². The van der Waals surface area contributed by atoms with Gasteiger partial charge in [-0.3, -0.25) is 9.10 Å². The molecule has 0 aromatic heterocycles. The molecule has 33 heavy (non-hydrogen) atoms. The average Bonchev–Trinajstić information content (AvgIpc) is 2.82. The van der Waals surface area contributed by atoms with Gasteiger partial charge in [0.1, 0.15) is 30.5 Å². The molecule has 3 rings (SSSR count). The number of anilines is 2. The smallest absolute Gasteiger partial charge is 0.264 e. The van der Waals surface area contributed by atoms with Crippen LogP contribution in [0.1, 0.15) is 0 Å². The monoisotopic (exact) mass is 470 g/mol. The minimum absolute atomic E-state index is 0.0414. The van der Waals surface area contributed by atoms with E-state index in [1.54, 1.807) is 30.3 Å². The van der Waals surface area contributed by atoms with Gasteiger partial charge in [0.05, 0.1) is 17.7 Å². The summed E-state index contributed by atoms with van der Waals surface area (Å²) in [6.45, 7) is 3.35. The molecule has 0 radical (unpaired) electrons. The molecule has 9 heteroatoms. The van der Waals surface area contributed by atoms with E-state index >= 15 is 0 Å². The predicted octanol–water partition coefficient (Wildman–Crippen LogP) is 4.23. The predicted molar refractivity (Wildman–Crippen MR) is 125 cm³/mol. The van der Waals surface area contributed by atoms with Gasteiger partial charge in [0, 0.05) is 11.8 Å². The van der Waals surface area contributed by atoms with Crippen molar-refractivity contribution in [2.75, 3.05) is 29.9 Å². The Morgan fingerprint density at radius 3 is 2.39 bits per heavy atom. The topological polar surface area (TPSA) is 84.9 Å². The summed E-state index contributed by atoms with van der Waals surface area (Å²) in [5, 5.41) is 2.67. The Hall–Kier alpha value is -3.85. The molecule has 1 N–H and O–H groups in total. The number of ether oxygens (including phenoxy) is 2. The Labute approximate surface area is 192 Å². The van der Waals surface area contributed by atoms with Crippen LogP contribution in [0.25, 0.3) is 0 Å². The van der Waals surface area contributed by atoms with Gasteiger partial charge in [-0.25, -0.2) is 12.8 Å². The summed E-state index contributed by atoms with van der Waals surface area (Å²) in [4.78, 5) is 12.8. The molecule has 172 valence electrons. The van der Waals surface area contributed by atoms with Crippen LogP contribution >= 0.6 is 0 Å². The van der Waals surface area contributed by atoms with E-state index in [9.17, 15) is 17.6 Å². The number of halogens is 1. The fourth-order valence-corrected chi connectivity index (χ4v) is 4.37. The van der Waals surface area contributed by atoms with Crippen molar-refractivity contribution in [2.45, 2.75) is 4.90 Å². The minimum Gasteiger partial charge on any atom is -0.497 e. The molecule has 7 nitrogen and oxygen atoms in total. The zero-order valence-electron chi connectivity index (χ0n) is 17.9. The molecule has 1 amide bonds. The molecule has 0 aliphatic heterocycles. The quantitative estimate of drug-likeness (QED) is 0.448. The van der Waals surface area contributed by atoms with Crippen LogP contribution in [0.15, 0.2) is 90.3 Å². The number of rotatable bonds is 10. The van der Waals surface area contributed by atoms with Crippen molar-refractivity contribution in [2.24, 2.45) is 0 Å². The molecule has 3 aromatic rings. The van der Waals surface area contributed by atoms with Crippen molar-refractivity contribution >= 4 is 27.3 Å². The van der Waals surface area contributed by atoms with Gasteiger partial charge in [0.15, 0.2) is 0 Å². The number of amides is 1. The zero-order valence-corrected chi connectivity index (χ0v) is 18.7. The fraction of sp³-hybridized carbons (Fsp3) is 0.125. The summed E-state index contributed by atoms with van der Waals surface area (Å²) >= 11 is 0. The third-order valence-corrected chi connectivity index (χ3v) is 6.32. The highest BCUT2D eigenvalue weighted by Gasteiger charge is 2.27. The molecule has 0 atom stereocenters. The average molecular weight is 471 g/mol. The lowest BCUT2D eigenvalue weighted by atomic mass is 10.3. The second-order valence-electron chi connectivity index (χ2n) is 6.84. The minimum atomic E-state index is -4.14. The Bertz CT molecular complexity index is 1210. The maximum absolute atomic E-state index is 13.5. The van der Waals surface area contributed by atoms with Crippen LogP contribution in [0, 0.1) is 5.82 Å². The van der Waals surface area contributed by atoms with Gasteiger partial charge >= 0.3 is 0 Å². The van der Waals surface area contributed by atoms with Crippen molar-refractivity contribution in [3.8, 4) is 11.5 Å². The molecule has 0 saturated carbocycles. The van der Waals surface area contributed by atoms with Gasteiger partial charge in [-0.1, -0.05) is 18.7 Å². The number of carbonyl (C=O) groups excluding carboxylic acids is 1. The lowest BCUT2D eigenvalue weighted by molar-refractivity contribution is -0.114. The van der Waals surface area contributed by atoms with Crippen LogP contribution in [0.5, 0.6) is 11.5 Å². The molecule has 0 bridgehead atoms. The Kier molecular flexibility index (Phi) is 7.68. The fourth-order valence-electron chi connectivity index (χ4n) is 2.95. The van der Waals surface area contributed by atoms with Crippen LogP contribution < -0.4 is 19.1 Å². The van der Waals surface area contributed by atoms with E-state index in [0.29, 0.717) is 23.8 Å². The summed E-state index contributed by atoms with van der Waals surface area (Å²) in [5.41, 5.74) is 0.577. The third kappa shape index (κ3) is 6.11. The van der Waals surface area contributed by atoms with E-state index in [-0.39, 0.29) is 10.6 Å². The second-order valence-corrected chi connectivity index (χ2v) is 8.70. The van der Waals surface area contributed by atoms with Gasteiger partial charge in [0.2, 0.25) is 5.91 Å². The number of benzene rings is 3. The Balaban J connectivity index is 1.87.